The molecule has 0 N–H and O–H groups in total. The van der Waals surface area contributed by atoms with Crippen LogP contribution in [0.3, 0.4) is 0 Å². The van der Waals surface area contributed by atoms with Crippen LogP contribution in [-0.4, -0.2) is 50.5 Å². The number of hydrogen-bond acceptors (Lipinski definition) is 5. The lowest BCUT2D eigenvalue weighted by molar-refractivity contribution is 0.0127. The van der Waals surface area contributed by atoms with Crippen LogP contribution in [-0.2, 0) is 19.0 Å². The standard InChI is InChI=1S/C14H25NO5S/c1-14(2,3)19-13(16)15-6-5-10-7-12(8-11(10)9-15)20-21(4,17)18/h10-12H,5-9H2,1-4H3/t10-,11-,12+/m0/s1. The predicted molar refractivity (Wildman–Crippen MR) is 78.4 cm³/mol. The topological polar surface area (TPSA) is 72.9 Å². The van der Waals surface area contributed by atoms with Gasteiger partial charge < -0.3 is 9.64 Å². The maximum atomic E-state index is 12.1. The second kappa shape index (κ2) is 5.76. The summed E-state index contributed by atoms with van der Waals surface area (Å²) < 4.78 is 32.9. The SMILES string of the molecule is CC(C)(C)OC(=O)N1CC[C@H]2C[C@@H](OS(C)(=O)=O)C[C@H]2C1. The molecule has 1 aliphatic heterocycles. The molecule has 0 aromatic carbocycles. The fourth-order valence-electron chi connectivity index (χ4n) is 3.25. The van der Waals surface area contributed by atoms with Crippen LogP contribution in [0.1, 0.15) is 40.0 Å². The Morgan fingerprint density at radius 2 is 1.81 bits per heavy atom. The van der Waals surface area contributed by atoms with Gasteiger partial charge in [0.15, 0.2) is 0 Å². The van der Waals surface area contributed by atoms with E-state index in [9.17, 15) is 13.2 Å². The molecule has 122 valence electrons. The Hall–Kier alpha value is -0.820. The molecule has 2 aliphatic rings. The van der Waals surface area contributed by atoms with Gasteiger partial charge in [0.2, 0.25) is 0 Å². The van der Waals surface area contributed by atoms with E-state index >= 15 is 0 Å². The van der Waals surface area contributed by atoms with Crippen molar-refractivity contribution in [1.82, 2.24) is 4.90 Å². The van der Waals surface area contributed by atoms with E-state index in [4.69, 9.17) is 8.92 Å². The molecule has 21 heavy (non-hydrogen) atoms. The fraction of sp³-hybridized carbons (Fsp3) is 0.929. The van der Waals surface area contributed by atoms with Gasteiger partial charge in [0.25, 0.3) is 10.1 Å². The van der Waals surface area contributed by atoms with E-state index in [1.54, 1.807) is 4.90 Å². The number of fused-ring (bicyclic) bond motifs is 1. The molecule has 1 heterocycles. The van der Waals surface area contributed by atoms with Crippen molar-refractivity contribution in [2.45, 2.75) is 51.7 Å². The third-order valence-corrected chi connectivity index (χ3v) is 4.61. The van der Waals surface area contributed by atoms with Gasteiger partial charge in [-0.05, 0) is 51.9 Å². The van der Waals surface area contributed by atoms with Crippen molar-refractivity contribution in [1.29, 1.82) is 0 Å². The molecular formula is C14H25NO5S. The van der Waals surface area contributed by atoms with Crippen LogP contribution in [0.15, 0.2) is 0 Å². The average Bonchev–Trinajstić information content (AvgIpc) is 2.64. The molecule has 7 heteroatoms. The largest absolute Gasteiger partial charge is 0.444 e. The van der Waals surface area contributed by atoms with Gasteiger partial charge in [0, 0.05) is 13.1 Å². The predicted octanol–water partition coefficient (Wildman–Crippen LogP) is 2.00. The van der Waals surface area contributed by atoms with Gasteiger partial charge in [0.05, 0.1) is 12.4 Å². The van der Waals surface area contributed by atoms with Crippen LogP contribution in [0.4, 0.5) is 4.79 Å². The van der Waals surface area contributed by atoms with E-state index in [0.29, 0.717) is 31.3 Å². The molecule has 1 amide bonds. The summed E-state index contributed by atoms with van der Waals surface area (Å²) in [6.45, 7) is 6.85. The van der Waals surface area contributed by atoms with Crippen molar-refractivity contribution < 1.29 is 22.1 Å². The summed E-state index contributed by atoms with van der Waals surface area (Å²) >= 11 is 0. The number of ether oxygens (including phenoxy) is 1. The first-order valence-electron chi connectivity index (χ1n) is 7.40. The Labute approximate surface area is 126 Å². The van der Waals surface area contributed by atoms with Crippen molar-refractivity contribution in [3.63, 3.8) is 0 Å². The number of carbonyl (C=O) groups is 1. The molecular weight excluding hydrogens is 294 g/mol. The first-order valence-corrected chi connectivity index (χ1v) is 9.21. The minimum absolute atomic E-state index is 0.242. The molecule has 3 atom stereocenters. The lowest BCUT2D eigenvalue weighted by Gasteiger charge is -2.35. The lowest BCUT2D eigenvalue weighted by atomic mass is 9.89. The van der Waals surface area contributed by atoms with E-state index in [-0.39, 0.29) is 12.2 Å². The minimum atomic E-state index is -3.41. The van der Waals surface area contributed by atoms with Crippen LogP contribution in [0.25, 0.3) is 0 Å². The first kappa shape index (κ1) is 16.5. The van der Waals surface area contributed by atoms with E-state index < -0.39 is 15.7 Å². The van der Waals surface area contributed by atoms with Gasteiger partial charge in [0.1, 0.15) is 5.60 Å². The van der Waals surface area contributed by atoms with Crippen LogP contribution in [0, 0.1) is 11.8 Å². The third kappa shape index (κ3) is 4.85. The summed E-state index contributed by atoms with van der Waals surface area (Å²) in [5.41, 5.74) is -0.495. The lowest BCUT2D eigenvalue weighted by Crippen LogP contribution is -2.44. The molecule has 0 aromatic heterocycles. The van der Waals surface area contributed by atoms with Crippen LogP contribution < -0.4 is 0 Å². The molecule has 0 bridgehead atoms. The molecule has 1 saturated heterocycles. The smallest absolute Gasteiger partial charge is 0.410 e. The second-order valence-corrected chi connectivity index (χ2v) is 8.73. The Balaban J connectivity index is 1.91. The zero-order chi connectivity index (χ0) is 15.8. The molecule has 0 unspecified atom stereocenters. The summed E-state index contributed by atoms with van der Waals surface area (Å²) in [7, 11) is -3.41. The molecule has 6 nitrogen and oxygen atoms in total. The summed E-state index contributed by atoms with van der Waals surface area (Å²) in [6, 6.07) is 0. The number of hydrogen-bond donors (Lipinski definition) is 0. The summed E-state index contributed by atoms with van der Waals surface area (Å²) in [5.74, 6) is 0.744. The van der Waals surface area contributed by atoms with Crippen molar-refractivity contribution in [3.05, 3.63) is 0 Å². The normalized spacial score (nSPS) is 30.1. The summed E-state index contributed by atoms with van der Waals surface area (Å²) in [6.07, 6.45) is 2.90. The van der Waals surface area contributed by atoms with Crippen molar-refractivity contribution in [3.8, 4) is 0 Å². The van der Waals surface area contributed by atoms with Gasteiger partial charge >= 0.3 is 6.09 Å². The van der Waals surface area contributed by atoms with Crippen molar-refractivity contribution >= 4 is 16.2 Å². The number of nitrogens with zero attached hydrogens (tertiary/aromatic N) is 1. The van der Waals surface area contributed by atoms with Crippen molar-refractivity contribution in [2.24, 2.45) is 11.8 Å². The van der Waals surface area contributed by atoms with Gasteiger partial charge in [-0.2, -0.15) is 8.42 Å². The Morgan fingerprint density at radius 3 is 2.38 bits per heavy atom. The summed E-state index contributed by atoms with van der Waals surface area (Å²) in [4.78, 5) is 13.8. The quantitative estimate of drug-likeness (QED) is 0.728. The second-order valence-electron chi connectivity index (χ2n) is 7.13. The number of likely N-dealkylation sites (tertiary alicyclic amines) is 1. The molecule has 2 fully saturated rings. The Bertz CT molecular complexity index is 496. The molecule has 1 saturated carbocycles. The van der Waals surface area contributed by atoms with Crippen molar-refractivity contribution in [2.75, 3.05) is 19.3 Å². The van der Waals surface area contributed by atoms with Gasteiger partial charge in [-0.3, -0.25) is 4.18 Å². The van der Waals surface area contributed by atoms with Crippen LogP contribution in [0.5, 0.6) is 0 Å². The van der Waals surface area contributed by atoms with E-state index in [1.807, 2.05) is 20.8 Å². The fourth-order valence-corrected chi connectivity index (χ4v) is 3.90. The molecule has 1 aliphatic carbocycles. The average molecular weight is 319 g/mol. The highest BCUT2D eigenvalue weighted by Gasteiger charge is 2.41. The Kier molecular flexibility index (Phi) is 4.54. The third-order valence-electron chi connectivity index (χ3n) is 3.99. The van der Waals surface area contributed by atoms with Gasteiger partial charge in [-0.25, -0.2) is 4.79 Å². The van der Waals surface area contributed by atoms with E-state index in [1.165, 1.54) is 0 Å². The van der Waals surface area contributed by atoms with E-state index in [0.717, 1.165) is 19.1 Å². The maximum absolute atomic E-state index is 12.1. The number of rotatable bonds is 2. The van der Waals surface area contributed by atoms with Gasteiger partial charge in [-0.1, -0.05) is 0 Å². The minimum Gasteiger partial charge on any atom is -0.444 e. The monoisotopic (exact) mass is 319 g/mol. The highest BCUT2D eigenvalue weighted by Crippen LogP contribution is 2.40. The molecule has 2 rings (SSSR count). The zero-order valence-corrected chi connectivity index (χ0v) is 14.0. The molecule has 0 radical (unpaired) electrons. The number of piperidine rings is 1. The van der Waals surface area contributed by atoms with Gasteiger partial charge in [-0.15, -0.1) is 0 Å². The van der Waals surface area contributed by atoms with Crippen LogP contribution >= 0.6 is 0 Å². The highest BCUT2D eigenvalue weighted by atomic mass is 32.2. The maximum Gasteiger partial charge on any atom is 0.410 e. The number of amides is 1. The Morgan fingerprint density at radius 1 is 1.19 bits per heavy atom. The van der Waals surface area contributed by atoms with Crippen LogP contribution in [0.2, 0.25) is 0 Å². The molecule has 0 spiro atoms. The first-order chi connectivity index (χ1) is 9.53. The highest BCUT2D eigenvalue weighted by molar-refractivity contribution is 7.86. The van der Waals surface area contributed by atoms with E-state index in [2.05, 4.69) is 0 Å². The number of carbonyl (C=O) groups excluding carboxylic acids is 1. The molecule has 0 aromatic rings. The summed E-state index contributed by atoms with van der Waals surface area (Å²) in [5, 5.41) is 0. The zero-order valence-electron chi connectivity index (χ0n) is 13.2.